The lowest BCUT2D eigenvalue weighted by molar-refractivity contribution is 0.461. The maximum Gasteiger partial charge on any atom is 0.191 e. The highest BCUT2D eigenvalue weighted by Gasteiger charge is 2.20. The van der Waals surface area contributed by atoms with Gasteiger partial charge >= 0.3 is 0 Å². The fourth-order valence-electron chi connectivity index (χ4n) is 3.17. The normalized spacial score (nSPS) is 15.7. The summed E-state index contributed by atoms with van der Waals surface area (Å²) < 4.78 is 5.37. The number of benzene rings is 1. The first-order chi connectivity index (χ1) is 12.8. The largest absolute Gasteiger partial charge is 0.469 e. The van der Waals surface area contributed by atoms with Crippen LogP contribution >= 0.6 is 0 Å². The first-order valence-corrected chi connectivity index (χ1v) is 9.33. The predicted octanol–water partition coefficient (Wildman–Crippen LogP) is 3.21. The summed E-state index contributed by atoms with van der Waals surface area (Å²) in [6.07, 6.45) is 6.56. The van der Waals surface area contributed by atoms with Gasteiger partial charge in [0.05, 0.1) is 6.26 Å². The molecular formula is C21H28N4O. The second kappa shape index (κ2) is 9.70. The molecule has 2 N–H and O–H groups in total. The summed E-state index contributed by atoms with van der Waals surface area (Å²) >= 11 is 0. The van der Waals surface area contributed by atoms with Crippen LogP contribution < -0.4 is 15.5 Å². The fraction of sp³-hybridized carbons (Fsp3) is 0.381. The minimum absolute atomic E-state index is 0.439. The number of aliphatic imine (C=N–C) groups is 1. The highest BCUT2D eigenvalue weighted by Crippen LogP contribution is 2.19. The van der Waals surface area contributed by atoms with Crippen LogP contribution in [0.4, 0.5) is 5.69 Å². The molecule has 5 heteroatoms. The Kier molecular flexibility index (Phi) is 6.76. The Bertz CT molecular complexity index is 673. The number of rotatable bonds is 7. The zero-order valence-corrected chi connectivity index (χ0v) is 15.2. The molecule has 0 aliphatic carbocycles. The summed E-state index contributed by atoms with van der Waals surface area (Å²) in [6, 6.07) is 15.0. The third-order valence-corrected chi connectivity index (χ3v) is 4.58. The number of para-hydroxylation sites is 1. The van der Waals surface area contributed by atoms with Gasteiger partial charge in [0.1, 0.15) is 5.76 Å². The molecule has 1 fully saturated rings. The van der Waals surface area contributed by atoms with Gasteiger partial charge in [-0.05, 0) is 37.1 Å². The monoisotopic (exact) mass is 352 g/mol. The van der Waals surface area contributed by atoms with Gasteiger partial charge in [-0.1, -0.05) is 24.3 Å². The minimum Gasteiger partial charge on any atom is -0.469 e. The van der Waals surface area contributed by atoms with E-state index >= 15 is 0 Å². The second-order valence-corrected chi connectivity index (χ2v) is 6.47. The van der Waals surface area contributed by atoms with Gasteiger partial charge in [0, 0.05) is 44.3 Å². The van der Waals surface area contributed by atoms with E-state index in [1.807, 2.05) is 18.2 Å². The molecule has 0 amide bonds. The van der Waals surface area contributed by atoms with E-state index < -0.39 is 0 Å². The number of guanidine groups is 1. The smallest absolute Gasteiger partial charge is 0.191 e. The molecule has 0 bridgehead atoms. The molecule has 1 aliphatic heterocycles. The molecule has 0 spiro atoms. The Balaban J connectivity index is 1.49. The molecule has 0 atom stereocenters. The summed E-state index contributed by atoms with van der Waals surface area (Å²) in [5.41, 5.74) is 1.31. The highest BCUT2D eigenvalue weighted by atomic mass is 16.3. The maximum atomic E-state index is 5.37. The van der Waals surface area contributed by atoms with Gasteiger partial charge in [0.2, 0.25) is 0 Å². The molecule has 2 heterocycles. The van der Waals surface area contributed by atoms with Gasteiger partial charge in [0.15, 0.2) is 5.96 Å². The fourth-order valence-corrected chi connectivity index (χ4v) is 3.17. The van der Waals surface area contributed by atoms with Crippen LogP contribution in [0.2, 0.25) is 0 Å². The van der Waals surface area contributed by atoms with E-state index in [0.29, 0.717) is 19.1 Å². The zero-order chi connectivity index (χ0) is 18.0. The van der Waals surface area contributed by atoms with Crippen LogP contribution in [-0.2, 0) is 6.42 Å². The molecule has 0 radical (unpaired) electrons. The molecule has 1 aromatic carbocycles. The van der Waals surface area contributed by atoms with Gasteiger partial charge < -0.3 is 20.0 Å². The van der Waals surface area contributed by atoms with Crippen molar-refractivity contribution in [2.24, 2.45) is 4.99 Å². The molecule has 1 saturated heterocycles. The molecule has 3 rings (SSSR count). The van der Waals surface area contributed by atoms with E-state index in [0.717, 1.165) is 44.1 Å². The average molecular weight is 352 g/mol. The Hall–Kier alpha value is -2.69. The van der Waals surface area contributed by atoms with E-state index in [4.69, 9.17) is 4.42 Å². The number of furan rings is 1. The molecule has 1 aliphatic rings. The van der Waals surface area contributed by atoms with Crippen molar-refractivity contribution < 1.29 is 4.42 Å². The average Bonchev–Trinajstić information content (AvgIpc) is 3.21. The van der Waals surface area contributed by atoms with Crippen molar-refractivity contribution in [2.75, 3.05) is 31.1 Å². The summed E-state index contributed by atoms with van der Waals surface area (Å²) in [7, 11) is 0. The molecule has 0 saturated carbocycles. The van der Waals surface area contributed by atoms with Crippen molar-refractivity contribution in [1.82, 2.24) is 10.6 Å². The Morgan fingerprint density at radius 2 is 2.00 bits per heavy atom. The molecule has 1 aromatic heterocycles. The molecule has 138 valence electrons. The Labute approximate surface area is 155 Å². The summed E-state index contributed by atoms with van der Waals surface area (Å²) in [5, 5.41) is 6.89. The first-order valence-electron chi connectivity index (χ1n) is 9.33. The van der Waals surface area contributed by atoms with Gasteiger partial charge in [-0.3, -0.25) is 4.99 Å². The van der Waals surface area contributed by atoms with Crippen LogP contribution in [0, 0.1) is 0 Å². The van der Waals surface area contributed by atoms with Crippen molar-refractivity contribution in [1.29, 1.82) is 0 Å². The molecule has 26 heavy (non-hydrogen) atoms. The van der Waals surface area contributed by atoms with Gasteiger partial charge in [-0.25, -0.2) is 0 Å². The highest BCUT2D eigenvalue weighted by molar-refractivity contribution is 5.80. The lowest BCUT2D eigenvalue weighted by atomic mass is 10.0. The van der Waals surface area contributed by atoms with E-state index in [1.165, 1.54) is 5.69 Å². The van der Waals surface area contributed by atoms with Crippen LogP contribution in [0.3, 0.4) is 0 Å². The van der Waals surface area contributed by atoms with Crippen LogP contribution in [0.25, 0.3) is 0 Å². The summed E-state index contributed by atoms with van der Waals surface area (Å²) in [6.45, 7) is 7.29. The van der Waals surface area contributed by atoms with Crippen LogP contribution in [0.5, 0.6) is 0 Å². The van der Waals surface area contributed by atoms with Crippen molar-refractivity contribution in [3.63, 3.8) is 0 Å². The number of hydrogen-bond acceptors (Lipinski definition) is 3. The summed E-state index contributed by atoms with van der Waals surface area (Å²) in [5.74, 6) is 1.82. The molecule has 5 nitrogen and oxygen atoms in total. The topological polar surface area (TPSA) is 52.8 Å². The third-order valence-electron chi connectivity index (χ3n) is 4.58. The Morgan fingerprint density at radius 3 is 2.69 bits per heavy atom. The standard InChI is InChI=1S/C21H28N4O/c1-2-13-22-21(23-14-10-20-9-6-17-26-20)24-18-11-15-25(16-12-18)19-7-4-3-5-8-19/h2-9,17-18H,1,10-16H2,(H2,22,23,24). The van der Waals surface area contributed by atoms with Gasteiger partial charge in [-0.15, -0.1) is 6.58 Å². The van der Waals surface area contributed by atoms with Crippen LogP contribution in [-0.4, -0.2) is 38.2 Å². The Morgan fingerprint density at radius 1 is 1.19 bits per heavy atom. The summed E-state index contributed by atoms with van der Waals surface area (Å²) in [4.78, 5) is 7.13. The van der Waals surface area contributed by atoms with E-state index in [9.17, 15) is 0 Å². The number of anilines is 1. The third kappa shape index (κ3) is 5.41. The zero-order valence-electron chi connectivity index (χ0n) is 15.2. The first kappa shape index (κ1) is 18.1. The van der Waals surface area contributed by atoms with Crippen LogP contribution in [0.1, 0.15) is 18.6 Å². The van der Waals surface area contributed by atoms with Crippen molar-refractivity contribution in [3.8, 4) is 0 Å². The minimum atomic E-state index is 0.439. The molecular weight excluding hydrogens is 324 g/mol. The van der Waals surface area contributed by atoms with Crippen molar-refractivity contribution in [2.45, 2.75) is 25.3 Å². The number of piperidine rings is 1. The number of hydrogen-bond donors (Lipinski definition) is 2. The predicted molar refractivity (Wildman–Crippen MR) is 108 cm³/mol. The SMILES string of the molecule is C=CCNC(=NCCc1ccco1)NC1CCN(c2ccccc2)CC1. The lowest BCUT2D eigenvalue weighted by Crippen LogP contribution is -2.49. The number of nitrogens with zero attached hydrogens (tertiary/aromatic N) is 2. The maximum absolute atomic E-state index is 5.37. The van der Waals surface area contributed by atoms with Gasteiger partial charge in [-0.2, -0.15) is 0 Å². The van der Waals surface area contributed by atoms with E-state index in [1.54, 1.807) is 6.26 Å². The lowest BCUT2D eigenvalue weighted by Gasteiger charge is -2.34. The second-order valence-electron chi connectivity index (χ2n) is 6.47. The van der Waals surface area contributed by atoms with Crippen molar-refractivity contribution >= 4 is 11.6 Å². The van der Waals surface area contributed by atoms with Gasteiger partial charge in [0.25, 0.3) is 0 Å². The van der Waals surface area contributed by atoms with Crippen LogP contribution in [0.15, 0.2) is 70.8 Å². The van der Waals surface area contributed by atoms with E-state index in [2.05, 4.69) is 57.4 Å². The quantitative estimate of drug-likeness (QED) is 0.456. The number of nitrogens with one attached hydrogen (secondary N) is 2. The molecule has 2 aromatic rings. The van der Waals surface area contributed by atoms with E-state index in [-0.39, 0.29) is 0 Å². The van der Waals surface area contributed by atoms with Crippen molar-refractivity contribution in [3.05, 3.63) is 67.1 Å². The molecule has 0 unspecified atom stereocenters.